The molecule has 0 unspecified atom stereocenters. The number of hydrogen-bond donors (Lipinski definition) is 1. The lowest BCUT2D eigenvalue weighted by molar-refractivity contribution is 0.112. The predicted molar refractivity (Wildman–Crippen MR) is 78.9 cm³/mol. The summed E-state index contributed by atoms with van der Waals surface area (Å²) in [4.78, 5) is 10.7. The third-order valence-corrected chi connectivity index (χ3v) is 3.16. The number of phenolic OH excluding ortho intramolecular Hbond substituents is 1. The third-order valence-electron chi connectivity index (χ3n) is 3.16. The van der Waals surface area contributed by atoms with E-state index in [1.165, 1.54) is 38.9 Å². The smallest absolute Gasteiger partial charge is 0.203 e. The molecule has 0 fully saturated rings. The topological polar surface area (TPSA) is 55.8 Å². The maximum Gasteiger partial charge on any atom is 0.203 e. The van der Waals surface area contributed by atoms with Crippen molar-refractivity contribution < 1.29 is 19.4 Å². The molecular formula is C16H24O4. The van der Waals surface area contributed by atoms with Crippen LogP contribution in [-0.4, -0.2) is 25.1 Å². The number of aldehydes is 1. The van der Waals surface area contributed by atoms with Crippen LogP contribution in [0.1, 0.15) is 55.8 Å². The first kappa shape index (κ1) is 16.3. The number of carbonyl (C=O) groups excluding carboxylic acids is 1. The summed E-state index contributed by atoms with van der Waals surface area (Å²) in [5.74, 6) is 0.641. The summed E-state index contributed by atoms with van der Waals surface area (Å²) in [7, 11) is 1.49. The summed E-state index contributed by atoms with van der Waals surface area (Å²) in [6, 6.07) is 2.94. The molecule has 0 aliphatic carbocycles. The summed E-state index contributed by atoms with van der Waals surface area (Å²) in [6.45, 7) is 2.73. The Kier molecular flexibility index (Phi) is 7.55. The minimum absolute atomic E-state index is 0.0579. The van der Waals surface area contributed by atoms with E-state index in [0.717, 1.165) is 12.8 Å². The summed E-state index contributed by atoms with van der Waals surface area (Å²) in [5, 5.41) is 9.84. The van der Waals surface area contributed by atoms with Crippen LogP contribution in [0.5, 0.6) is 17.2 Å². The second-order valence-corrected chi connectivity index (χ2v) is 4.81. The van der Waals surface area contributed by atoms with Gasteiger partial charge in [0.1, 0.15) is 6.29 Å². The maximum absolute atomic E-state index is 10.7. The quantitative estimate of drug-likeness (QED) is 0.521. The van der Waals surface area contributed by atoms with Crippen LogP contribution in [0.25, 0.3) is 0 Å². The Morgan fingerprint density at radius 2 is 1.85 bits per heavy atom. The lowest BCUT2D eigenvalue weighted by atomic mass is 10.1. The Morgan fingerprint density at radius 3 is 2.50 bits per heavy atom. The Hall–Kier alpha value is -1.71. The first-order valence-electron chi connectivity index (χ1n) is 7.21. The molecule has 0 radical (unpaired) electrons. The second-order valence-electron chi connectivity index (χ2n) is 4.81. The molecule has 0 aliphatic heterocycles. The highest BCUT2D eigenvalue weighted by molar-refractivity contribution is 5.78. The highest BCUT2D eigenvalue weighted by Gasteiger charge is 2.12. The number of methoxy groups -OCH3 is 1. The first-order valence-corrected chi connectivity index (χ1v) is 7.21. The molecule has 20 heavy (non-hydrogen) atoms. The molecule has 0 amide bonds. The van der Waals surface area contributed by atoms with Crippen LogP contribution < -0.4 is 9.47 Å². The van der Waals surface area contributed by atoms with E-state index in [4.69, 9.17) is 9.47 Å². The number of phenols is 1. The van der Waals surface area contributed by atoms with Crippen molar-refractivity contribution in [2.24, 2.45) is 0 Å². The zero-order valence-electron chi connectivity index (χ0n) is 12.4. The van der Waals surface area contributed by atoms with Crippen molar-refractivity contribution in [1.29, 1.82) is 0 Å². The second kappa shape index (κ2) is 9.23. The van der Waals surface area contributed by atoms with Crippen LogP contribution in [-0.2, 0) is 0 Å². The fraction of sp³-hybridized carbons (Fsp3) is 0.562. The van der Waals surface area contributed by atoms with Gasteiger partial charge < -0.3 is 14.6 Å². The molecule has 4 heteroatoms. The van der Waals surface area contributed by atoms with Gasteiger partial charge in [-0.05, 0) is 18.6 Å². The Labute approximate surface area is 120 Å². The molecule has 0 saturated carbocycles. The van der Waals surface area contributed by atoms with Gasteiger partial charge in [-0.3, -0.25) is 4.79 Å². The predicted octanol–water partition coefficient (Wildman–Crippen LogP) is 3.95. The number of rotatable bonds is 10. The number of unbranched alkanes of at least 4 members (excludes halogenated alkanes) is 5. The number of aromatic hydroxyl groups is 1. The summed E-state index contributed by atoms with van der Waals surface area (Å²) in [6.07, 6.45) is 7.73. The van der Waals surface area contributed by atoms with Gasteiger partial charge >= 0.3 is 0 Å². The van der Waals surface area contributed by atoms with Crippen LogP contribution in [0.3, 0.4) is 0 Å². The highest BCUT2D eigenvalue weighted by atomic mass is 16.5. The fourth-order valence-electron chi connectivity index (χ4n) is 2.03. The van der Waals surface area contributed by atoms with E-state index >= 15 is 0 Å². The molecule has 0 aliphatic rings. The van der Waals surface area contributed by atoms with Crippen molar-refractivity contribution in [2.75, 3.05) is 13.7 Å². The largest absolute Gasteiger partial charge is 0.504 e. The molecule has 0 aromatic heterocycles. The summed E-state index contributed by atoms with van der Waals surface area (Å²) < 4.78 is 10.7. The molecule has 4 nitrogen and oxygen atoms in total. The number of benzene rings is 1. The minimum atomic E-state index is -0.0579. The lowest BCUT2D eigenvalue weighted by Crippen LogP contribution is -2.00. The van der Waals surface area contributed by atoms with Crippen molar-refractivity contribution in [3.8, 4) is 17.2 Å². The monoisotopic (exact) mass is 280 g/mol. The summed E-state index contributed by atoms with van der Waals surface area (Å²) in [5.41, 5.74) is 0.367. The van der Waals surface area contributed by atoms with Crippen LogP contribution in [0, 0.1) is 0 Å². The zero-order chi connectivity index (χ0) is 14.8. The molecular weight excluding hydrogens is 256 g/mol. The standard InChI is InChI=1S/C16H24O4/c1-3-4-5-6-7-8-9-20-16-14(18)10-13(12-17)11-15(16)19-2/h10-12,18H,3-9H2,1-2H3. The minimum Gasteiger partial charge on any atom is -0.504 e. The fourth-order valence-corrected chi connectivity index (χ4v) is 2.03. The maximum atomic E-state index is 10.7. The molecule has 1 N–H and O–H groups in total. The van der Waals surface area contributed by atoms with Crippen molar-refractivity contribution in [3.05, 3.63) is 17.7 Å². The molecule has 0 atom stereocenters. The van der Waals surface area contributed by atoms with Crippen LogP contribution in [0.15, 0.2) is 12.1 Å². The van der Waals surface area contributed by atoms with Gasteiger partial charge in [0.2, 0.25) is 5.75 Å². The van der Waals surface area contributed by atoms with E-state index in [0.29, 0.717) is 30.0 Å². The molecule has 1 aromatic rings. The van der Waals surface area contributed by atoms with Crippen molar-refractivity contribution in [1.82, 2.24) is 0 Å². The number of ether oxygens (including phenoxy) is 2. The molecule has 112 valence electrons. The molecule has 0 saturated heterocycles. The normalized spacial score (nSPS) is 10.3. The van der Waals surface area contributed by atoms with E-state index in [-0.39, 0.29) is 5.75 Å². The van der Waals surface area contributed by atoms with E-state index in [9.17, 15) is 9.90 Å². The Balaban J connectivity index is 2.45. The van der Waals surface area contributed by atoms with Gasteiger partial charge in [-0.25, -0.2) is 0 Å². The number of hydrogen-bond acceptors (Lipinski definition) is 4. The van der Waals surface area contributed by atoms with Crippen molar-refractivity contribution >= 4 is 6.29 Å². The molecule has 1 aromatic carbocycles. The molecule has 0 spiro atoms. The average molecular weight is 280 g/mol. The summed E-state index contributed by atoms with van der Waals surface area (Å²) >= 11 is 0. The van der Waals surface area contributed by atoms with Gasteiger partial charge in [-0.2, -0.15) is 0 Å². The molecule has 1 rings (SSSR count). The SMILES string of the molecule is CCCCCCCCOc1c(O)cc(C=O)cc1OC. The molecule has 0 heterocycles. The van der Waals surface area contributed by atoms with E-state index in [1.54, 1.807) is 6.07 Å². The number of carbonyl (C=O) groups is 1. The average Bonchev–Trinajstić information content (AvgIpc) is 2.47. The van der Waals surface area contributed by atoms with E-state index in [1.807, 2.05) is 0 Å². The van der Waals surface area contributed by atoms with Gasteiger partial charge in [0.05, 0.1) is 13.7 Å². The van der Waals surface area contributed by atoms with E-state index < -0.39 is 0 Å². The lowest BCUT2D eigenvalue weighted by Gasteiger charge is -2.12. The van der Waals surface area contributed by atoms with Gasteiger partial charge in [-0.1, -0.05) is 39.0 Å². The van der Waals surface area contributed by atoms with Gasteiger partial charge in [0.25, 0.3) is 0 Å². The zero-order valence-corrected chi connectivity index (χ0v) is 12.4. The van der Waals surface area contributed by atoms with Gasteiger partial charge in [0.15, 0.2) is 11.5 Å². The Bertz CT molecular complexity index is 415. The highest BCUT2D eigenvalue weighted by Crippen LogP contribution is 2.37. The Morgan fingerprint density at radius 1 is 1.15 bits per heavy atom. The van der Waals surface area contributed by atoms with Crippen molar-refractivity contribution in [3.63, 3.8) is 0 Å². The third kappa shape index (κ3) is 5.11. The first-order chi connectivity index (χ1) is 9.72. The van der Waals surface area contributed by atoms with E-state index in [2.05, 4.69) is 6.92 Å². The van der Waals surface area contributed by atoms with Crippen LogP contribution in [0.4, 0.5) is 0 Å². The van der Waals surface area contributed by atoms with Gasteiger partial charge in [0, 0.05) is 5.56 Å². The van der Waals surface area contributed by atoms with Crippen LogP contribution >= 0.6 is 0 Å². The van der Waals surface area contributed by atoms with Crippen LogP contribution in [0.2, 0.25) is 0 Å². The molecule has 0 bridgehead atoms. The van der Waals surface area contributed by atoms with Gasteiger partial charge in [-0.15, -0.1) is 0 Å². The van der Waals surface area contributed by atoms with Crippen molar-refractivity contribution in [2.45, 2.75) is 45.4 Å².